The lowest BCUT2D eigenvalue weighted by Crippen LogP contribution is -2.69. The molecule has 2 saturated carbocycles. The molecule has 0 amide bonds. The van der Waals surface area contributed by atoms with Crippen molar-refractivity contribution in [2.75, 3.05) is 13.2 Å². The summed E-state index contributed by atoms with van der Waals surface area (Å²) in [6.45, 7) is 8.80. The summed E-state index contributed by atoms with van der Waals surface area (Å²) in [4.78, 5) is 10.7. The van der Waals surface area contributed by atoms with E-state index in [-0.39, 0.29) is 24.0 Å². The monoisotopic (exact) mass is 490 g/mol. The number of aryl methyl sites for hydroxylation is 2. The highest BCUT2D eigenvalue weighted by Gasteiger charge is 2.65. The van der Waals surface area contributed by atoms with Gasteiger partial charge in [-0.3, -0.25) is 0 Å². The summed E-state index contributed by atoms with van der Waals surface area (Å²) < 4.78 is 6.10. The fourth-order valence-corrected chi connectivity index (χ4v) is 6.10. The van der Waals surface area contributed by atoms with Gasteiger partial charge in [-0.25, -0.2) is 9.98 Å². The molecule has 0 radical (unpaired) electrons. The van der Waals surface area contributed by atoms with Crippen molar-refractivity contribution in [1.29, 1.82) is 0 Å². The number of guanidine groups is 1. The Hall–Kier alpha value is -0.410. The molecule has 2 heterocycles. The lowest BCUT2D eigenvalue weighted by atomic mass is 9.54. The molecule has 5 nitrogen and oxygen atoms in total. The SMILES string of the molecule is CCNC(=NCc1sc(C)nc1C)NC1C2CCOC2C12CCCC2.I. The van der Waals surface area contributed by atoms with Crippen molar-refractivity contribution in [3.63, 3.8) is 0 Å². The standard InChI is InChI=1S/C19H30N4OS.HI/c1-4-20-18(21-11-15-12(2)22-13(3)25-15)23-16-14-7-10-24-17(14)19(16)8-5-6-9-19;/h14,16-17H,4-11H2,1-3H3,(H2,20,21,23);1H. The highest BCUT2D eigenvalue weighted by Crippen LogP contribution is 2.60. The molecule has 1 saturated heterocycles. The van der Waals surface area contributed by atoms with Crippen LogP contribution in [0.15, 0.2) is 4.99 Å². The minimum absolute atomic E-state index is 0. The van der Waals surface area contributed by atoms with Crippen molar-refractivity contribution in [2.24, 2.45) is 16.3 Å². The summed E-state index contributed by atoms with van der Waals surface area (Å²) in [5, 5.41) is 8.37. The van der Waals surface area contributed by atoms with E-state index in [1.54, 1.807) is 11.3 Å². The number of thiazole rings is 1. The molecule has 26 heavy (non-hydrogen) atoms. The van der Waals surface area contributed by atoms with Gasteiger partial charge in [0.05, 0.1) is 23.4 Å². The van der Waals surface area contributed by atoms with E-state index in [4.69, 9.17) is 9.73 Å². The zero-order valence-electron chi connectivity index (χ0n) is 16.0. The largest absolute Gasteiger partial charge is 0.377 e. The van der Waals surface area contributed by atoms with E-state index in [0.717, 1.165) is 29.8 Å². The fourth-order valence-electron chi connectivity index (χ4n) is 5.24. The highest BCUT2D eigenvalue weighted by atomic mass is 127. The molecule has 3 aliphatic rings. The number of fused-ring (bicyclic) bond motifs is 2. The summed E-state index contributed by atoms with van der Waals surface area (Å²) in [6, 6.07) is 0.518. The normalized spacial score (nSPS) is 29.2. The van der Waals surface area contributed by atoms with Gasteiger partial charge in [0.15, 0.2) is 5.96 Å². The number of halogens is 1. The van der Waals surface area contributed by atoms with Crippen LogP contribution in [0, 0.1) is 25.2 Å². The molecule has 7 heteroatoms. The van der Waals surface area contributed by atoms with Gasteiger partial charge < -0.3 is 15.4 Å². The molecule has 2 N–H and O–H groups in total. The third-order valence-corrected chi connectivity index (χ3v) is 7.36. The Balaban J connectivity index is 0.00000196. The van der Waals surface area contributed by atoms with Crippen LogP contribution in [0.5, 0.6) is 0 Å². The molecule has 3 unspecified atom stereocenters. The fraction of sp³-hybridized carbons (Fsp3) is 0.789. The van der Waals surface area contributed by atoms with E-state index in [2.05, 4.69) is 36.4 Å². The zero-order chi connectivity index (χ0) is 17.4. The van der Waals surface area contributed by atoms with Crippen LogP contribution in [0.25, 0.3) is 0 Å². The Kier molecular flexibility index (Phi) is 6.49. The molecular weight excluding hydrogens is 459 g/mol. The molecule has 4 rings (SSSR count). The van der Waals surface area contributed by atoms with Gasteiger partial charge >= 0.3 is 0 Å². The van der Waals surface area contributed by atoms with E-state index in [9.17, 15) is 0 Å². The van der Waals surface area contributed by atoms with Crippen molar-refractivity contribution in [3.05, 3.63) is 15.6 Å². The second kappa shape index (κ2) is 8.31. The van der Waals surface area contributed by atoms with Crippen LogP contribution in [-0.2, 0) is 11.3 Å². The molecule has 0 bridgehead atoms. The predicted molar refractivity (Wildman–Crippen MR) is 117 cm³/mol. The van der Waals surface area contributed by atoms with Crippen molar-refractivity contribution in [2.45, 2.75) is 71.6 Å². The summed E-state index contributed by atoms with van der Waals surface area (Å²) in [6.07, 6.45) is 6.98. The Bertz CT molecular complexity index is 656. The first-order valence-electron chi connectivity index (χ1n) is 9.73. The quantitative estimate of drug-likeness (QED) is 0.383. The van der Waals surface area contributed by atoms with Gasteiger partial charge in [0.2, 0.25) is 0 Å². The maximum Gasteiger partial charge on any atom is 0.191 e. The topological polar surface area (TPSA) is 58.5 Å². The van der Waals surface area contributed by atoms with Crippen LogP contribution in [0.2, 0.25) is 0 Å². The molecule has 3 atom stereocenters. The Morgan fingerprint density at radius 1 is 1.35 bits per heavy atom. The summed E-state index contributed by atoms with van der Waals surface area (Å²) in [5.41, 5.74) is 1.47. The van der Waals surface area contributed by atoms with Gasteiger partial charge in [0.25, 0.3) is 0 Å². The van der Waals surface area contributed by atoms with E-state index in [0.29, 0.717) is 30.0 Å². The first-order valence-corrected chi connectivity index (χ1v) is 10.5. The van der Waals surface area contributed by atoms with Gasteiger partial charge in [-0.05, 0) is 40.0 Å². The Morgan fingerprint density at radius 2 is 2.12 bits per heavy atom. The molecule has 0 aromatic carbocycles. The number of rotatable bonds is 4. The molecule has 1 spiro atoms. The van der Waals surface area contributed by atoms with E-state index in [1.807, 2.05) is 0 Å². The molecule has 3 fully saturated rings. The van der Waals surface area contributed by atoms with Crippen LogP contribution in [0.4, 0.5) is 0 Å². The maximum atomic E-state index is 6.10. The summed E-state index contributed by atoms with van der Waals surface area (Å²) >= 11 is 1.75. The smallest absolute Gasteiger partial charge is 0.191 e. The summed E-state index contributed by atoms with van der Waals surface area (Å²) in [5.74, 6) is 1.61. The third-order valence-electron chi connectivity index (χ3n) is 6.30. The van der Waals surface area contributed by atoms with Gasteiger partial charge in [-0.15, -0.1) is 35.3 Å². The van der Waals surface area contributed by atoms with Gasteiger partial charge in [0.1, 0.15) is 0 Å². The van der Waals surface area contributed by atoms with Crippen LogP contribution < -0.4 is 10.6 Å². The lowest BCUT2D eigenvalue weighted by Gasteiger charge is -2.57. The van der Waals surface area contributed by atoms with E-state index < -0.39 is 0 Å². The van der Waals surface area contributed by atoms with Crippen molar-refractivity contribution < 1.29 is 4.74 Å². The Labute approximate surface area is 177 Å². The minimum Gasteiger partial charge on any atom is -0.377 e. The first-order chi connectivity index (χ1) is 12.1. The van der Waals surface area contributed by atoms with Crippen molar-refractivity contribution in [1.82, 2.24) is 15.6 Å². The van der Waals surface area contributed by atoms with Crippen LogP contribution in [0.3, 0.4) is 0 Å². The maximum absolute atomic E-state index is 6.10. The van der Waals surface area contributed by atoms with E-state index in [1.165, 1.54) is 37.0 Å². The van der Waals surface area contributed by atoms with Crippen LogP contribution in [-0.4, -0.2) is 36.2 Å². The van der Waals surface area contributed by atoms with Gasteiger partial charge in [-0.2, -0.15) is 0 Å². The third kappa shape index (κ3) is 3.51. The molecule has 2 aliphatic carbocycles. The number of ether oxygens (including phenoxy) is 1. The number of nitrogens with one attached hydrogen (secondary N) is 2. The lowest BCUT2D eigenvalue weighted by molar-refractivity contribution is -0.125. The van der Waals surface area contributed by atoms with E-state index >= 15 is 0 Å². The number of nitrogens with zero attached hydrogens (tertiary/aromatic N) is 2. The van der Waals surface area contributed by atoms with Crippen LogP contribution >= 0.6 is 35.3 Å². The number of aromatic nitrogens is 1. The molecule has 1 aromatic heterocycles. The number of hydrogen-bond donors (Lipinski definition) is 2. The van der Waals surface area contributed by atoms with Gasteiger partial charge in [0, 0.05) is 35.4 Å². The average Bonchev–Trinajstić information content (AvgIpc) is 3.29. The second-order valence-electron chi connectivity index (χ2n) is 7.74. The molecule has 146 valence electrons. The zero-order valence-corrected chi connectivity index (χ0v) is 19.2. The number of hydrogen-bond acceptors (Lipinski definition) is 4. The first kappa shape index (κ1) is 20.3. The van der Waals surface area contributed by atoms with Crippen LogP contribution in [0.1, 0.15) is 54.6 Å². The van der Waals surface area contributed by atoms with Gasteiger partial charge in [-0.1, -0.05) is 12.8 Å². The predicted octanol–water partition coefficient (Wildman–Crippen LogP) is 3.78. The summed E-state index contributed by atoms with van der Waals surface area (Å²) in [7, 11) is 0. The second-order valence-corrected chi connectivity index (χ2v) is 9.03. The minimum atomic E-state index is 0. The average molecular weight is 490 g/mol. The number of aliphatic imine (C=N–C) groups is 1. The highest BCUT2D eigenvalue weighted by molar-refractivity contribution is 14.0. The molecule has 1 aliphatic heterocycles. The molecule has 1 aromatic rings. The Morgan fingerprint density at radius 3 is 2.77 bits per heavy atom. The van der Waals surface area contributed by atoms with Crippen molar-refractivity contribution >= 4 is 41.3 Å². The van der Waals surface area contributed by atoms with Crippen molar-refractivity contribution in [3.8, 4) is 0 Å². The molecular formula is C19H31IN4OS.